The minimum atomic E-state index is 1.57. The summed E-state index contributed by atoms with van der Waals surface area (Å²) in [5.41, 5.74) is 5.36. The SMILES string of the molecule is C1=C=CN=CC=1. The molecule has 0 atom stereocenters. The molecule has 1 nitrogen and oxygen atoms in total. The summed E-state index contributed by atoms with van der Waals surface area (Å²) < 4.78 is 0. The topological polar surface area (TPSA) is 12.4 Å². The molecule has 28 valence electrons. The van der Waals surface area contributed by atoms with Crippen molar-refractivity contribution in [3.05, 3.63) is 23.7 Å². The van der Waals surface area contributed by atoms with Crippen LogP contribution in [-0.2, 0) is 0 Å². The van der Waals surface area contributed by atoms with Crippen molar-refractivity contribution in [2.75, 3.05) is 0 Å². The molecule has 0 aliphatic carbocycles. The van der Waals surface area contributed by atoms with E-state index < -0.39 is 0 Å². The van der Waals surface area contributed by atoms with E-state index >= 15 is 0 Å². The van der Waals surface area contributed by atoms with Gasteiger partial charge in [0, 0.05) is 12.3 Å². The van der Waals surface area contributed by atoms with Crippen LogP contribution in [0.5, 0.6) is 0 Å². The molecule has 1 aliphatic rings. The Balaban J connectivity index is 3.10. The van der Waals surface area contributed by atoms with E-state index in [1.54, 1.807) is 18.5 Å². The molecular weight excluding hydrogens is 74.1 g/mol. The maximum absolute atomic E-state index is 3.70. The molecule has 0 radical (unpaired) electrons. The van der Waals surface area contributed by atoms with Gasteiger partial charge in [0.1, 0.15) is 0 Å². The Labute approximate surface area is 36.0 Å². The first-order valence-electron chi connectivity index (χ1n) is 1.68. The molecule has 0 aromatic heterocycles. The van der Waals surface area contributed by atoms with Crippen LogP contribution in [0.25, 0.3) is 0 Å². The molecule has 0 amide bonds. The van der Waals surface area contributed by atoms with Gasteiger partial charge in [0.05, 0.1) is 6.20 Å². The van der Waals surface area contributed by atoms with Crippen LogP contribution in [0.2, 0.25) is 0 Å². The molecule has 0 saturated heterocycles. The van der Waals surface area contributed by atoms with Crippen molar-refractivity contribution in [3.8, 4) is 0 Å². The highest BCUT2D eigenvalue weighted by Crippen LogP contribution is 1.72. The zero-order chi connectivity index (χ0) is 4.24. The highest BCUT2D eigenvalue weighted by Gasteiger charge is 1.59. The summed E-state index contributed by atoms with van der Waals surface area (Å²) in [6, 6.07) is 0. The summed E-state index contributed by atoms with van der Waals surface area (Å²) in [6.45, 7) is 0. The van der Waals surface area contributed by atoms with E-state index in [1.165, 1.54) is 0 Å². The number of nitrogens with zero attached hydrogens (tertiary/aromatic N) is 1. The number of aliphatic imine (C=N–C) groups is 1. The third-order valence-electron chi connectivity index (χ3n) is 0.466. The molecule has 1 heterocycles. The van der Waals surface area contributed by atoms with Crippen molar-refractivity contribution in [1.82, 2.24) is 0 Å². The van der Waals surface area contributed by atoms with Gasteiger partial charge in [-0.05, 0) is 0 Å². The summed E-state index contributed by atoms with van der Waals surface area (Å²) in [5.74, 6) is 0. The second-order valence-electron chi connectivity index (χ2n) is 0.883. The first-order chi connectivity index (χ1) is 3.00. The predicted octanol–water partition coefficient (Wildman–Crippen LogP) is 0.895. The third-order valence-corrected chi connectivity index (χ3v) is 0.466. The van der Waals surface area contributed by atoms with Crippen LogP contribution >= 0.6 is 0 Å². The molecule has 0 unspecified atom stereocenters. The summed E-state index contributed by atoms with van der Waals surface area (Å²) in [5, 5.41) is 0. The van der Waals surface area contributed by atoms with Gasteiger partial charge in [-0.2, -0.15) is 0 Å². The zero-order valence-electron chi connectivity index (χ0n) is 3.18. The average molecular weight is 77.1 g/mol. The fraction of sp³-hybridized carbons (Fsp3) is 0. The Bertz CT molecular complexity index is 135. The number of hydrogen-bond acceptors (Lipinski definition) is 1. The zero-order valence-corrected chi connectivity index (χ0v) is 3.18. The van der Waals surface area contributed by atoms with Crippen molar-refractivity contribution < 1.29 is 0 Å². The Kier molecular flexibility index (Phi) is 0.749. The Morgan fingerprint density at radius 1 is 1.33 bits per heavy atom. The number of allylic oxidation sites excluding steroid dienone is 1. The molecular formula is C5H3N. The maximum Gasteiger partial charge on any atom is 0.0770 e. The minimum Gasteiger partial charge on any atom is -0.255 e. The van der Waals surface area contributed by atoms with E-state index in [9.17, 15) is 0 Å². The molecule has 0 N–H and O–H groups in total. The molecule has 1 rings (SSSR count). The van der Waals surface area contributed by atoms with Crippen molar-refractivity contribution >= 4 is 6.21 Å². The average Bonchev–Trinajstić information content (AvgIpc) is 1.72. The lowest BCUT2D eigenvalue weighted by molar-refractivity contribution is 1.60. The monoisotopic (exact) mass is 77.0 g/mol. The summed E-state index contributed by atoms with van der Waals surface area (Å²) in [7, 11) is 0. The quantitative estimate of drug-likeness (QED) is 0.381. The fourth-order valence-corrected chi connectivity index (χ4v) is 0.246. The van der Waals surface area contributed by atoms with Crippen LogP contribution in [0, 0.1) is 0 Å². The highest BCUT2D eigenvalue weighted by atomic mass is 14.6. The summed E-state index contributed by atoms with van der Waals surface area (Å²) in [6.07, 6.45) is 4.94. The van der Waals surface area contributed by atoms with E-state index in [0.29, 0.717) is 0 Å². The van der Waals surface area contributed by atoms with Crippen molar-refractivity contribution in [3.63, 3.8) is 0 Å². The van der Waals surface area contributed by atoms with Gasteiger partial charge >= 0.3 is 0 Å². The molecule has 0 saturated carbocycles. The van der Waals surface area contributed by atoms with E-state index in [0.717, 1.165) is 0 Å². The van der Waals surface area contributed by atoms with Gasteiger partial charge in [-0.25, -0.2) is 0 Å². The van der Waals surface area contributed by atoms with E-state index in [1.807, 2.05) is 0 Å². The van der Waals surface area contributed by atoms with Crippen LogP contribution in [0.4, 0.5) is 0 Å². The number of rotatable bonds is 0. The third kappa shape index (κ3) is 0.467. The van der Waals surface area contributed by atoms with Gasteiger partial charge < -0.3 is 0 Å². The van der Waals surface area contributed by atoms with Gasteiger partial charge in [0.25, 0.3) is 0 Å². The lowest BCUT2D eigenvalue weighted by atomic mass is 10.6. The predicted molar refractivity (Wildman–Crippen MR) is 24.7 cm³/mol. The van der Waals surface area contributed by atoms with E-state index in [4.69, 9.17) is 0 Å². The van der Waals surface area contributed by atoms with Gasteiger partial charge in [-0.15, -0.1) is 0 Å². The lowest BCUT2D eigenvalue weighted by Crippen LogP contribution is -1.58. The van der Waals surface area contributed by atoms with Crippen LogP contribution in [-0.4, -0.2) is 6.21 Å². The van der Waals surface area contributed by atoms with E-state index in [2.05, 4.69) is 16.5 Å². The second-order valence-corrected chi connectivity index (χ2v) is 0.883. The highest BCUT2D eigenvalue weighted by molar-refractivity contribution is 5.71. The van der Waals surface area contributed by atoms with Crippen LogP contribution < -0.4 is 0 Å². The minimum absolute atomic E-state index is 1.57. The Morgan fingerprint density at radius 3 is 2.50 bits per heavy atom. The first-order valence-corrected chi connectivity index (χ1v) is 1.68. The van der Waals surface area contributed by atoms with Crippen molar-refractivity contribution in [2.24, 2.45) is 4.99 Å². The van der Waals surface area contributed by atoms with Gasteiger partial charge in [0.15, 0.2) is 0 Å². The molecule has 0 fully saturated rings. The molecule has 6 heavy (non-hydrogen) atoms. The Morgan fingerprint density at radius 2 is 2.33 bits per heavy atom. The van der Waals surface area contributed by atoms with Gasteiger partial charge in [0.2, 0.25) is 0 Å². The first kappa shape index (κ1) is 3.17. The van der Waals surface area contributed by atoms with Crippen molar-refractivity contribution in [2.45, 2.75) is 0 Å². The fourth-order valence-electron chi connectivity index (χ4n) is 0.246. The normalized spacial score (nSPS) is 13.3. The summed E-state index contributed by atoms with van der Waals surface area (Å²) in [4.78, 5) is 3.70. The molecule has 1 aliphatic heterocycles. The molecule has 0 aromatic carbocycles. The van der Waals surface area contributed by atoms with E-state index in [-0.39, 0.29) is 0 Å². The van der Waals surface area contributed by atoms with Gasteiger partial charge in [-0.1, -0.05) is 11.5 Å². The van der Waals surface area contributed by atoms with Crippen LogP contribution in [0.15, 0.2) is 28.7 Å². The standard InChI is InChI=1S/C5H3N/c1-2-4-6-5-3-1/h2,4-5H. The molecule has 0 bridgehead atoms. The molecule has 0 spiro atoms. The Hall–Kier alpha value is -1.03. The van der Waals surface area contributed by atoms with Crippen LogP contribution in [0.1, 0.15) is 0 Å². The number of hydrogen-bond donors (Lipinski definition) is 0. The summed E-state index contributed by atoms with van der Waals surface area (Å²) >= 11 is 0. The molecule has 1 heteroatoms. The van der Waals surface area contributed by atoms with Crippen molar-refractivity contribution in [1.29, 1.82) is 0 Å². The largest absolute Gasteiger partial charge is 0.255 e. The maximum atomic E-state index is 3.70. The van der Waals surface area contributed by atoms with Crippen LogP contribution in [0.3, 0.4) is 0 Å². The lowest BCUT2D eigenvalue weighted by Gasteiger charge is -1.68. The molecule has 0 aromatic rings. The van der Waals surface area contributed by atoms with Gasteiger partial charge in [-0.3, -0.25) is 4.99 Å². The smallest absolute Gasteiger partial charge is 0.0770 e. The second kappa shape index (κ2) is 1.42.